The Bertz CT molecular complexity index is 616. The van der Waals surface area contributed by atoms with Gasteiger partial charge in [0.15, 0.2) is 0 Å². The molecule has 19 heavy (non-hydrogen) atoms. The van der Waals surface area contributed by atoms with Crippen LogP contribution in [0.4, 0.5) is 0 Å². The Morgan fingerprint density at radius 2 is 1.84 bits per heavy atom. The van der Waals surface area contributed by atoms with Gasteiger partial charge in [0.1, 0.15) is 17.3 Å². The Labute approximate surface area is 127 Å². The maximum Gasteiger partial charge on any atom is 0.130 e. The minimum atomic E-state index is 0.253. The second-order valence-electron chi connectivity index (χ2n) is 3.92. The number of hydrogen-bond acceptors (Lipinski definition) is 2. The predicted octanol–water partition coefficient (Wildman–Crippen LogP) is 4.21. The summed E-state index contributed by atoms with van der Waals surface area (Å²) in [5, 5.41) is 1.24. The molecular formula is C14H11Cl2NOS. The summed E-state index contributed by atoms with van der Waals surface area (Å²) < 4.78 is 5.71. The molecule has 0 bridgehead atoms. The lowest BCUT2D eigenvalue weighted by Gasteiger charge is -2.11. The number of benzene rings is 2. The highest BCUT2D eigenvalue weighted by atomic mass is 35.5. The number of nitrogens with two attached hydrogens (primary N) is 1. The molecule has 2 aromatic rings. The molecule has 0 spiro atoms. The van der Waals surface area contributed by atoms with Crippen LogP contribution in [0, 0.1) is 0 Å². The SMILES string of the molecule is NC(=S)c1cc(Cl)ccc1OCc1cccc(Cl)c1. The topological polar surface area (TPSA) is 35.2 Å². The second-order valence-corrected chi connectivity index (χ2v) is 5.24. The number of thiocarbonyl (C=S) groups is 1. The van der Waals surface area contributed by atoms with Crippen LogP contribution in [0.5, 0.6) is 5.75 Å². The van der Waals surface area contributed by atoms with E-state index in [4.69, 9.17) is 45.9 Å². The first-order valence-electron chi connectivity index (χ1n) is 5.53. The highest BCUT2D eigenvalue weighted by Gasteiger charge is 2.07. The van der Waals surface area contributed by atoms with Crippen molar-refractivity contribution in [3.05, 3.63) is 63.6 Å². The van der Waals surface area contributed by atoms with Crippen LogP contribution in [0.3, 0.4) is 0 Å². The summed E-state index contributed by atoms with van der Waals surface area (Å²) in [6.07, 6.45) is 0. The largest absolute Gasteiger partial charge is 0.488 e. The Morgan fingerprint density at radius 1 is 1.11 bits per heavy atom. The quantitative estimate of drug-likeness (QED) is 0.859. The fraction of sp³-hybridized carbons (Fsp3) is 0.0714. The molecule has 2 N–H and O–H groups in total. The predicted molar refractivity (Wildman–Crippen MR) is 83.1 cm³/mol. The van der Waals surface area contributed by atoms with Gasteiger partial charge < -0.3 is 10.5 Å². The molecule has 0 radical (unpaired) electrons. The molecule has 0 aliphatic rings. The van der Waals surface area contributed by atoms with Crippen molar-refractivity contribution in [2.75, 3.05) is 0 Å². The number of halogens is 2. The van der Waals surface area contributed by atoms with Gasteiger partial charge in [-0.3, -0.25) is 0 Å². The molecule has 2 rings (SSSR count). The van der Waals surface area contributed by atoms with E-state index in [-0.39, 0.29) is 4.99 Å². The van der Waals surface area contributed by atoms with Gasteiger partial charge in [-0.05, 0) is 35.9 Å². The first kappa shape index (κ1) is 14.1. The monoisotopic (exact) mass is 311 g/mol. The van der Waals surface area contributed by atoms with E-state index in [1.54, 1.807) is 18.2 Å². The summed E-state index contributed by atoms with van der Waals surface area (Å²) in [7, 11) is 0. The van der Waals surface area contributed by atoms with Crippen LogP contribution in [0.1, 0.15) is 11.1 Å². The first-order valence-corrected chi connectivity index (χ1v) is 6.69. The van der Waals surface area contributed by atoms with E-state index in [1.165, 1.54) is 0 Å². The van der Waals surface area contributed by atoms with Crippen LogP contribution in [0.25, 0.3) is 0 Å². The Hall–Kier alpha value is -1.29. The zero-order chi connectivity index (χ0) is 13.8. The van der Waals surface area contributed by atoms with Crippen molar-refractivity contribution >= 4 is 40.4 Å². The molecule has 0 fully saturated rings. The molecule has 0 aromatic heterocycles. The van der Waals surface area contributed by atoms with Crippen molar-refractivity contribution in [1.29, 1.82) is 0 Å². The van der Waals surface area contributed by atoms with Crippen molar-refractivity contribution in [2.45, 2.75) is 6.61 Å². The minimum Gasteiger partial charge on any atom is -0.488 e. The van der Waals surface area contributed by atoms with E-state index >= 15 is 0 Å². The zero-order valence-electron chi connectivity index (χ0n) is 9.90. The fourth-order valence-electron chi connectivity index (χ4n) is 1.61. The van der Waals surface area contributed by atoms with Gasteiger partial charge in [-0.15, -0.1) is 0 Å². The van der Waals surface area contributed by atoms with E-state index in [0.29, 0.717) is 28.0 Å². The number of ether oxygens (including phenoxy) is 1. The number of rotatable bonds is 4. The summed E-state index contributed by atoms with van der Waals surface area (Å²) in [4.78, 5) is 0.253. The van der Waals surface area contributed by atoms with E-state index in [1.807, 2.05) is 24.3 Å². The van der Waals surface area contributed by atoms with Gasteiger partial charge >= 0.3 is 0 Å². The lowest BCUT2D eigenvalue weighted by molar-refractivity contribution is 0.305. The maximum absolute atomic E-state index is 5.92. The molecule has 2 aromatic carbocycles. The third kappa shape index (κ3) is 3.83. The molecular weight excluding hydrogens is 301 g/mol. The third-order valence-corrected chi connectivity index (χ3v) is 3.18. The maximum atomic E-state index is 5.92. The van der Waals surface area contributed by atoms with Gasteiger partial charge in [0.2, 0.25) is 0 Å². The molecule has 0 aliphatic carbocycles. The van der Waals surface area contributed by atoms with E-state index in [9.17, 15) is 0 Å². The smallest absolute Gasteiger partial charge is 0.130 e. The second kappa shape index (κ2) is 6.24. The highest BCUT2D eigenvalue weighted by molar-refractivity contribution is 7.80. The van der Waals surface area contributed by atoms with Gasteiger partial charge in [0, 0.05) is 10.0 Å². The summed E-state index contributed by atoms with van der Waals surface area (Å²) in [6.45, 7) is 0.387. The fourth-order valence-corrected chi connectivity index (χ4v) is 2.15. The first-order chi connectivity index (χ1) is 9.06. The Balaban J connectivity index is 2.17. The zero-order valence-corrected chi connectivity index (χ0v) is 12.2. The number of hydrogen-bond donors (Lipinski definition) is 1. The van der Waals surface area contributed by atoms with Crippen molar-refractivity contribution < 1.29 is 4.74 Å². The van der Waals surface area contributed by atoms with Gasteiger partial charge in [-0.2, -0.15) is 0 Å². The summed E-state index contributed by atoms with van der Waals surface area (Å²) in [6, 6.07) is 12.6. The standard InChI is InChI=1S/C14H11Cl2NOS/c15-10-3-1-2-9(6-10)8-18-13-5-4-11(16)7-12(13)14(17)19/h1-7H,8H2,(H2,17,19). The van der Waals surface area contributed by atoms with Crippen LogP contribution in [-0.4, -0.2) is 4.99 Å². The highest BCUT2D eigenvalue weighted by Crippen LogP contribution is 2.24. The molecule has 0 saturated carbocycles. The van der Waals surface area contributed by atoms with Crippen molar-refractivity contribution in [2.24, 2.45) is 5.73 Å². The molecule has 2 nitrogen and oxygen atoms in total. The van der Waals surface area contributed by atoms with Crippen LogP contribution < -0.4 is 10.5 Å². The van der Waals surface area contributed by atoms with Gasteiger partial charge in [-0.25, -0.2) is 0 Å². The van der Waals surface area contributed by atoms with E-state index in [2.05, 4.69) is 0 Å². The molecule has 98 valence electrons. The van der Waals surface area contributed by atoms with Crippen LogP contribution in [0.15, 0.2) is 42.5 Å². The molecule has 0 amide bonds. The van der Waals surface area contributed by atoms with Crippen LogP contribution >= 0.6 is 35.4 Å². The summed E-state index contributed by atoms with van der Waals surface area (Å²) >= 11 is 16.8. The third-order valence-electron chi connectivity index (χ3n) is 2.49. The molecule has 0 unspecified atom stereocenters. The van der Waals surface area contributed by atoms with Crippen molar-refractivity contribution in [3.8, 4) is 5.75 Å². The molecule has 0 atom stereocenters. The summed E-state index contributed by atoms with van der Waals surface area (Å²) in [5.74, 6) is 0.608. The van der Waals surface area contributed by atoms with Crippen molar-refractivity contribution in [1.82, 2.24) is 0 Å². The van der Waals surface area contributed by atoms with E-state index in [0.717, 1.165) is 5.56 Å². The normalized spacial score (nSPS) is 10.2. The average Bonchev–Trinajstić information content (AvgIpc) is 2.37. The minimum absolute atomic E-state index is 0.253. The molecule has 5 heteroatoms. The molecule has 0 aliphatic heterocycles. The van der Waals surface area contributed by atoms with E-state index < -0.39 is 0 Å². The lowest BCUT2D eigenvalue weighted by atomic mass is 10.2. The van der Waals surface area contributed by atoms with Crippen LogP contribution in [-0.2, 0) is 6.61 Å². The summed E-state index contributed by atoms with van der Waals surface area (Å²) in [5.41, 5.74) is 7.25. The molecule has 0 saturated heterocycles. The lowest BCUT2D eigenvalue weighted by Crippen LogP contribution is -2.11. The van der Waals surface area contributed by atoms with Gasteiger partial charge in [0.05, 0.1) is 5.56 Å². The average molecular weight is 312 g/mol. The van der Waals surface area contributed by atoms with Crippen LogP contribution in [0.2, 0.25) is 10.0 Å². The van der Waals surface area contributed by atoms with Gasteiger partial charge in [-0.1, -0.05) is 47.6 Å². The Morgan fingerprint density at radius 3 is 2.53 bits per heavy atom. The van der Waals surface area contributed by atoms with Gasteiger partial charge in [0.25, 0.3) is 0 Å². The van der Waals surface area contributed by atoms with Crippen molar-refractivity contribution in [3.63, 3.8) is 0 Å². The Kier molecular flexibility index (Phi) is 4.64. The molecule has 0 heterocycles.